The smallest absolute Gasteiger partial charge is 0.374 e. The first kappa shape index (κ1) is 17.3. The molecule has 0 atom stereocenters. The summed E-state index contributed by atoms with van der Waals surface area (Å²) in [5, 5.41) is 2.82. The number of benzene rings is 1. The normalized spacial score (nSPS) is 10.7. The quantitative estimate of drug-likeness (QED) is 0.787. The molecule has 0 aliphatic carbocycles. The zero-order chi connectivity index (χ0) is 17.0. The van der Waals surface area contributed by atoms with Crippen LogP contribution in [0.15, 0.2) is 39.4 Å². The van der Waals surface area contributed by atoms with Gasteiger partial charge in [0.15, 0.2) is 11.3 Å². The maximum absolute atomic E-state index is 12.1. The van der Waals surface area contributed by atoms with Gasteiger partial charge in [-0.25, -0.2) is 4.79 Å². The molecule has 0 spiro atoms. The standard InChI is InChI=1S/C17H18BrNO4/c1-10(2)12-6-4-5-11(3)16(12)19-15(20)9-22-17(21)13-7-8-14(18)23-13/h4-8,10H,9H2,1-3H3,(H,19,20). The second kappa shape index (κ2) is 7.46. The first-order valence-electron chi connectivity index (χ1n) is 7.20. The summed E-state index contributed by atoms with van der Waals surface area (Å²) in [6, 6.07) is 8.91. The van der Waals surface area contributed by atoms with Crippen molar-refractivity contribution in [2.75, 3.05) is 11.9 Å². The van der Waals surface area contributed by atoms with Gasteiger partial charge in [0.1, 0.15) is 0 Å². The minimum Gasteiger partial charge on any atom is -0.450 e. The molecule has 1 heterocycles. The molecule has 23 heavy (non-hydrogen) atoms. The Kier molecular flexibility index (Phi) is 5.60. The van der Waals surface area contributed by atoms with Crippen molar-refractivity contribution in [3.63, 3.8) is 0 Å². The van der Waals surface area contributed by atoms with E-state index in [1.54, 1.807) is 6.07 Å². The molecule has 5 nitrogen and oxygen atoms in total. The Morgan fingerprint density at radius 2 is 2.00 bits per heavy atom. The van der Waals surface area contributed by atoms with Crippen LogP contribution in [0.3, 0.4) is 0 Å². The summed E-state index contributed by atoms with van der Waals surface area (Å²) < 4.78 is 10.5. The zero-order valence-electron chi connectivity index (χ0n) is 13.2. The van der Waals surface area contributed by atoms with E-state index < -0.39 is 5.97 Å². The molecule has 0 unspecified atom stereocenters. The lowest BCUT2D eigenvalue weighted by Gasteiger charge is -2.16. The highest BCUT2D eigenvalue weighted by Gasteiger charge is 2.16. The molecule has 122 valence electrons. The summed E-state index contributed by atoms with van der Waals surface area (Å²) in [6.45, 7) is 5.66. The van der Waals surface area contributed by atoms with Crippen molar-refractivity contribution >= 4 is 33.5 Å². The van der Waals surface area contributed by atoms with Crippen LogP contribution >= 0.6 is 15.9 Å². The lowest BCUT2D eigenvalue weighted by molar-refractivity contribution is -0.119. The third kappa shape index (κ3) is 4.45. The van der Waals surface area contributed by atoms with E-state index in [9.17, 15) is 9.59 Å². The average molecular weight is 380 g/mol. The van der Waals surface area contributed by atoms with E-state index in [2.05, 4.69) is 35.1 Å². The first-order chi connectivity index (χ1) is 10.9. The summed E-state index contributed by atoms with van der Waals surface area (Å²) in [5.41, 5.74) is 2.77. The Morgan fingerprint density at radius 1 is 1.26 bits per heavy atom. The summed E-state index contributed by atoms with van der Waals surface area (Å²) in [7, 11) is 0. The maximum Gasteiger partial charge on any atom is 0.374 e. The summed E-state index contributed by atoms with van der Waals surface area (Å²) in [5.74, 6) is -0.753. The van der Waals surface area contributed by atoms with Crippen LogP contribution in [0.5, 0.6) is 0 Å². The molecule has 0 saturated carbocycles. The highest BCUT2D eigenvalue weighted by atomic mass is 79.9. The number of anilines is 1. The monoisotopic (exact) mass is 379 g/mol. The molecule has 1 amide bonds. The lowest BCUT2D eigenvalue weighted by Crippen LogP contribution is -2.22. The number of rotatable bonds is 5. The Hall–Kier alpha value is -2.08. The molecule has 2 aromatic rings. The maximum atomic E-state index is 12.1. The van der Waals surface area contributed by atoms with Crippen molar-refractivity contribution in [2.24, 2.45) is 0 Å². The van der Waals surface area contributed by atoms with Gasteiger partial charge in [0, 0.05) is 5.69 Å². The number of carbonyl (C=O) groups is 2. The van der Waals surface area contributed by atoms with Crippen molar-refractivity contribution in [2.45, 2.75) is 26.7 Å². The third-order valence-electron chi connectivity index (χ3n) is 3.30. The van der Waals surface area contributed by atoms with Crippen LogP contribution in [0.2, 0.25) is 0 Å². The number of halogens is 1. The van der Waals surface area contributed by atoms with Gasteiger partial charge in [-0.15, -0.1) is 0 Å². The first-order valence-corrected chi connectivity index (χ1v) is 7.99. The third-order valence-corrected chi connectivity index (χ3v) is 3.73. The van der Waals surface area contributed by atoms with Gasteiger partial charge in [-0.1, -0.05) is 32.0 Å². The lowest BCUT2D eigenvalue weighted by atomic mass is 9.98. The molecule has 2 rings (SSSR count). The Balaban J connectivity index is 1.99. The largest absolute Gasteiger partial charge is 0.450 e. The average Bonchev–Trinajstić information content (AvgIpc) is 2.93. The van der Waals surface area contributed by atoms with Crippen molar-refractivity contribution in [3.8, 4) is 0 Å². The summed E-state index contributed by atoms with van der Waals surface area (Å²) in [6.07, 6.45) is 0. The van der Waals surface area contributed by atoms with Crippen LogP contribution in [0.25, 0.3) is 0 Å². The SMILES string of the molecule is Cc1cccc(C(C)C)c1NC(=O)COC(=O)c1ccc(Br)o1. The van der Waals surface area contributed by atoms with Gasteiger partial charge in [0.25, 0.3) is 5.91 Å². The Morgan fingerprint density at radius 3 is 2.61 bits per heavy atom. The number of ether oxygens (including phenoxy) is 1. The Labute approximate surface area is 143 Å². The van der Waals surface area contributed by atoms with E-state index >= 15 is 0 Å². The predicted octanol–water partition coefficient (Wildman–Crippen LogP) is 4.27. The second-order valence-electron chi connectivity index (χ2n) is 5.42. The molecule has 0 aliphatic rings. The van der Waals surface area contributed by atoms with E-state index in [0.717, 1.165) is 16.8 Å². The van der Waals surface area contributed by atoms with Crippen LogP contribution in [0, 0.1) is 6.92 Å². The Bertz CT molecular complexity index is 721. The molecule has 0 radical (unpaired) electrons. The number of amides is 1. The number of hydrogen-bond acceptors (Lipinski definition) is 4. The summed E-state index contributed by atoms with van der Waals surface area (Å²) in [4.78, 5) is 23.8. The fourth-order valence-electron chi connectivity index (χ4n) is 2.14. The van der Waals surface area contributed by atoms with Gasteiger partial charge >= 0.3 is 5.97 Å². The zero-order valence-corrected chi connectivity index (χ0v) is 14.8. The molecular formula is C17H18BrNO4. The minimum absolute atomic E-state index is 0.0448. The molecule has 1 N–H and O–H groups in total. The van der Waals surface area contributed by atoms with Crippen molar-refractivity contribution in [1.82, 2.24) is 0 Å². The van der Waals surface area contributed by atoms with Crippen molar-refractivity contribution in [1.29, 1.82) is 0 Å². The van der Waals surface area contributed by atoms with Crippen LogP contribution < -0.4 is 5.32 Å². The van der Waals surface area contributed by atoms with E-state index in [4.69, 9.17) is 9.15 Å². The molecule has 0 bridgehead atoms. The van der Waals surface area contributed by atoms with Gasteiger partial charge in [0.2, 0.25) is 5.76 Å². The number of esters is 1. The van der Waals surface area contributed by atoms with E-state index in [-0.39, 0.29) is 24.2 Å². The van der Waals surface area contributed by atoms with Gasteiger partial charge in [-0.05, 0) is 52.0 Å². The molecule has 1 aromatic carbocycles. The molecule has 1 aromatic heterocycles. The number of hydrogen-bond donors (Lipinski definition) is 1. The number of carbonyl (C=O) groups excluding carboxylic acids is 2. The van der Waals surface area contributed by atoms with Crippen LogP contribution in [0.1, 0.15) is 41.4 Å². The molecule has 6 heteroatoms. The van der Waals surface area contributed by atoms with E-state index in [0.29, 0.717) is 4.67 Å². The van der Waals surface area contributed by atoms with Gasteiger partial charge in [0.05, 0.1) is 0 Å². The molecule has 0 saturated heterocycles. The number of furan rings is 1. The molecule has 0 fully saturated rings. The second-order valence-corrected chi connectivity index (χ2v) is 6.20. The highest BCUT2D eigenvalue weighted by Crippen LogP contribution is 2.27. The van der Waals surface area contributed by atoms with Gasteiger partial charge < -0.3 is 14.5 Å². The van der Waals surface area contributed by atoms with Gasteiger partial charge in [-0.3, -0.25) is 4.79 Å². The van der Waals surface area contributed by atoms with Gasteiger partial charge in [-0.2, -0.15) is 0 Å². The van der Waals surface area contributed by atoms with Crippen LogP contribution in [0.4, 0.5) is 5.69 Å². The topological polar surface area (TPSA) is 68.5 Å². The highest BCUT2D eigenvalue weighted by molar-refractivity contribution is 9.10. The fourth-order valence-corrected chi connectivity index (χ4v) is 2.45. The minimum atomic E-state index is -0.681. The fraction of sp³-hybridized carbons (Fsp3) is 0.294. The van der Waals surface area contributed by atoms with Crippen LogP contribution in [-0.2, 0) is 9.53 Å². The van der Waals surface area contributed by atoms with Crippen molar-refractivity contribution < 1.29 is 18.7 Å². The number of aryl methyl sites for hydroxylation is 1. The van der Waals surface area contributed by atoms with E-state index in [1.807, 2.05) is 25.1 Å². The molecular weight excluding hydrogens is 362 g/mol. The number of para-hydroxylation sites is 1. The molecule has 0 aliphatic heterocycles. The predicted molar refractivity (Wildman–Crippen MR) is 90.6 cm³/mol. The van der Waals surface area contributed by atoms with Crippen LogP contribution in [-0.4, -0.2) is 18.5 Å². The number of nitrogens with one attached hydrogen (secondary N) is 1. The summed E-state index contributed by atoms with van der Waals surface area (Å²) >= 11 is 3.10. The van der Waals surface area contributed by atoms with Crippen molar-refractivity contribution in [3.05, 3.63) is 51.9 Å². The van der Waals surface area contributed by atoms with E-state index in [1.165, 1.54) is 6.07 Å².